The molecule has 0 aliphatic carbocycles. The highest BCUT2D eigenvalue weighted by Crippen LogP contribution is 2.42. The topological polar surface area (TPSA) is 64.1 Å². The molecule has 7 rings (SSSR count). The number of anilines is 2. The fourth-order valence-electron chi connectivity index (χ4n) is 6.56. The van der Waals surface area contributed by atoms with Crippen molar-refractivity contribution in [3.63, 3.8) is 0 Å². The van der Waals surface area contributed by atoms with Crippen LogP contribution in [0.2, 0.25) is 0 Å². The van der Waals surface area contributed by atoms with Gasteiger partial charge in [0.05, 0.1) is 0 Å². The Bertz CT molecular complexity index is 2200. The lowest BCUT2D eigenvalue weighted by Gasteiger charge is -2.23. The lowest BCUT2D eigenvalue weighted by molar-refractivity contribution is 0.645. The molecule has 0 heterocycles. The summed E-state index contributed by atoms with van der Waals surface area (Å²) >= 11 is 5.07. The highest BCUT2D eigenvalue weighted by Gasteiger charge is 2.20. The Morgan fingerprint density at radius 2 is 1.04 bits per heavy atom. The molecule has 0 aromatic heterocycles. The SMILES string of the molecule is N/C=C\C(c1cccc(-c2ccc(-c3ccccc3)cc2)c1)[C@@H](N)c1ccc(Nc2ccc(-c3ccccc3)c(S)c2-c2ccccc2)cc1. The summed E-state index contributed by atoms with van der Waals surface area (Å²) in [4.78, 5) is 0.928. The van der Waals surface area contributed by atoms with Gasteiger partial charge in [0.2, 0.25) is 0 Å². The summed E-state index contributed by atoms with van der Waals surface area (Å²) in [5, 5.41) is 3.66. The minimum absolute atomic E-state index is 0.107. The van der Waals surface area contributed by atoms with Crippen molar-refractivity contribution in [2.24, 2.45) is 11.5 Å². The first-order chi connectivity index (χ1) is 24.6. The van der Waals surface area contributed by atoms with Crippen LogP contribution < -0.4 is 16.8 Å². The number of thiol groups is 1. The lowest BCUT2D eigenvalue weighted by atomic mass is 9.86. The van der Waals surface area contributed by atoms with Gasteiger partial charge < -0.3 is 16.8 Å². The van der Waals surface area contributed by atoms with Gasteiger partial charge in [-0.15, -0.1) is 12.6 Å². The lowest BCUT2D eigenvalue weighted by Crippen LogP contribution is -2.19. The Hall–Kier alpha value is -5.81. The highest BCUT2D eigenvalue weighted by atomic mass is 32.1. The van der Waals surface area contributed by atoms with Crippen LogP contribution in [0.5, 0.6) is 0 Å². The zero-order valence-electron chi connectivity index (χ0n) is 27.7. The largest absolute Gasteiger partial charge is 0.405 e. The van der Waals surface area contributed by atoms with Crippen molar-refractivity contribution in [1.29, 1.82) is 0 Å². The molecule has 3 nitrogen and oxygen atoms in total. The van der Waals surface area contributed by atoms with Gasteiger partial charge in [-0.1, -0.05) is 164 Å². The predicted molar refractivity (Wildman–Crippen MR) is 215 cm³/mol. The van der Waals surface area contributed by atoms with Gasteiger partial charge in [0.15, 0.2) is 0 Å². The molecule has 0 radical (unpaired) electrons. The van der Waals surface area contributed by atoms with Crippen LogP contribution in [0, 0.1) is 0 Å². The van der Waals surface area contributed by atoms with E-state index in [0.29, 0.717) is 0 Å². The third-order valence-electron chi connectivity index (χ3n) is 9.20. The smallest absolute Gasteiger partial charge is 0.0475 e. The fourth-order valence-corrected chi connectivity index (χ4v) is 7.02. The first-order valence-corrected chi connectivity index (χ1v) is 17.3. The summed E-state index contributed by atoms with van der Waals surface area (Å²) in [6, 6.07) is 60.8. The third kappa shape index (κ3) is 7.13. The molecule has 0 spiro atoms. The van der Waals surface area contributed by atoms with Crippen LogP contribution >= 0.6 is 12.6 Å². The van der Waals surface area contributed by atoms with Crippen LogP contribution in [0.3, 0.4) is 0 Å². The molecule has 7 aromatic carbocycles. The molecule has 0 amide bonds. The standard InChI is InChI=1S/C46H39N3S/c47-30-29-41(39-18-10-17-38(31-39)34-21-19-33(20-22-34)32-11-4-1-5-12-32)45(48)37-23-25-40(26-24-37)49-43-28-27-42(35-13-6-2-7-14-35)46(50)44(43)36-15-8-3-9-16-36/h1-31,41,45,49-50H,47-48H2/b30-29-/t41?,45-/m0/s1. The molecule has 0 saturated carbocycles. The second kappa shape index (κ2) is 15.2. The van der Waals surface area contributed by atoms with Crippen LogP contribution in [0.25, 0.3) is 44.5 Å². The molecule has 7 aromatic rings. The van der Waals surface area contributed by atoms with Gasteiger partial charge >= 0.3 is 0 Å². The van der Waals surface area contributed by atoms with E-state index in [0.717, 1.165) is 60.8 Å². The molecule has 5 N–H and O–H groups in total. The van der Waals surface area contributed by atoms with Gasteiger partial charge in [-0.05, 0) is 74.5 Å². The zero-order valence-corrected chi connectivity index (χ0v) is 28.5. The molecule has 0 bridgehead atoms. The maximum Gasteiger partial charge on any atom is 0.0475 e. The van der Waals surface area contributed by atoms with Crippen molar-refractivity contribution in [2.45, 2.75) is 16.9 Å². The summed E-state index contributed by atoms with van der Waals surface area (Å²) in [6.45, 7) is 0. The molecule has 4 heteroatoms. The molecular weight excluding hydrogens is 627 g/mol. The molecular formula is C46H39N3S. The summed E-state index contributed by atoms with van der Waals surface area (Å²) < 4.78 is 0. The zero-order chi connectivity index (χ0) is 34.3. The normalized spacial score (nSPS) is 12.4. The van der Waals surface area contributed by atoms with Crippen LogP contribution in [0.4, 0.5) is 11.4 Å². The summed E-state index contributed by atoms with van der Waals surface area (Å²) in [7, 11) is 0. The monoisotopic (exact) mass is 665 g/mol. The highest BCUT2D eigenvalue weighted by molar-refractivity contribution is 7.80. The van der Waals surface area contributed by atoms with E-state index in [9.17, 15) is 0 Å². The van der Waals surface area contributed by atoms with Crippen LogP contribution in [0.15, 0.2) is 193 Å². The van der Waals surface area contributed by atoms with Gasteiger partial charge in [-0.2, -0.15) is 0 Å². The Kier molecular flexibility index (Phi) is 9.93. The molecule has 0 fully saturated rings. The van der Waals surface area contributed by atoms with Crippen molar-refractivity contribution in [3.05, 3.63) is 199 Å². The van der Waals surface area contributed by atoms with E-state index in [1.807, 2.05) is 24.3 Å². The van der Waals surface area contributed by atoms with Crippen molar-refractivity contribution in [3.8, 4) is 44.5 Å². The van der Waals surface area contributed by atoms with Crippen molar-refractivity contribution >= 4 is 24.0 Å². The average molecular weight is 666 g/mol. The first-order valence-electron chi connectivity index (χ1n) is 16.8. The molecule has 1 unspecified atom stereocenters. The molecule has 0 aliphatic heterocycles. The Morgan fingerprint density at radius 1 is 0.500 bits per heavy atom. The van der Waals surface area contributed by atoms with Crippen LogP contribution in [-0.2, 0) is 0 Å². The quantitative estimate of drug-likeness (QED) is 0.110. The molecule has 0 saturated heterocycles. The third-order valence-corrected chi connectivity index (χ3v) is 9.67. The molecule has 2 atom stereocenters. The van der Waals surface area contributed by atoms with E-state index in [1.54, 1.807) is 6.20 Å². The van der Waals surface area contributed by atoms with Gasteiger partial charge in [-0.25, -0.2) is 0 Å². The van der Waals surface area contributed by atoms with Crippen molar-refractivity contribution in [1.82, 2.24) is 0 Å². The van der Waals surface area contributed by atoms with Gasteiger partial charge in [0, 0.05) is 33.8 Å². The Morgan fingerprint density at radius 3 is 1.66 bits per heavy atom. The number of hydrogen-bond acceptors (Lipinski definition) is 4. The minimum Gasteiger partial charge on any atom is -0.405 e. The van der Waals surface area contributed by atoms with E-state index in [2.05, 4.69) is 163 Å². The fraction of sp³-hybridized carbons (Fsp3) is 0.0435. The minimum atomic E-state index is -0.298. The number of rotatable bonds is 10. The maximum absolute atomic E-state index is 6.99. The van der Waals surface area contributed by atoms with Crippen LogP contribution in [-0.4, -0.2) is 0 Å². The van der Waals surface area contributed by atoms with Crippen molar-refractivity contribution < 1.29 is 0 Å². The van der Waals surface area contributed by atoms with Crippen LogP contribution in [0.1, 0.15) is 23.1 Å². The second-order valence-corrected chi connectivity index (χ2v) is 12.8. The second-order valence-electron chi connectivity index (χ2n) is 12.4. The summed E-state index contributed by atoms with van der Waals surface area (Å²) in [5.74, 6) is -0.107. The van der Waals surface area contributed by atoms with E-state index < -0.39 is 0 Å². The predicted octanol–water partition coefficient (Wildman–Crippen LogP) is 11.6. The number of nitrogens with one attached hydrogen (secondary N) is 1. The van der Waals surface area contributed by atoms with E-state index in [-0.39, 0.29) is 12.0 Å². The first kappa shape index (κ1) is 32.7. The number of nitrogens with two attached hydrogens (primary N) is 2. The summed E-state index contributed by atoms with van der Waals surface area (Å²) in [5.41, 5.74) is 26.1. The van der Waals surface area contributed by atoms with E-state index >= 15 is 0 Å². The molecule has 0 aliphatic rings. The summed E-state index contributed by atoms with van der Waals surface area (Å²) in [6.07, 6.45) is 3.59. The van der Waals surface area contributed by atoms with E-state index in [1.165, 1.54) is 11.1 Å². The number of hydrogen-bond donors (Lipinski definition) is 4. The van der Waals surface area contributed by atoms with Gasteiger partial charge in [0.25, 0.3) is 0 Å². The Labute approximate surface area is 300 Å². The van der Waals surface area contributed by atoms with Crippen molar-refractivity contribution in [2.75, 3.05) is 5.32 Å². The van der Waals surface area contributed by atoms with E-state index in [4.69, 9.17) is 24.1 Å². The van der Waals surface area contributed by atoms with Gasteiger partial charge in [-0.3, -0.25) is 0 Å². The average Bonchev–Trinajstić information content (AvgIpc) is 3.18. The van der Waals surface area contributed by atoms with Gasteiger partial charge in [0.1, 0.15) is 0 Å². The maximum atomic E-state index is 6.99. The number of benzene rings is 7. The molecule has 244 valence electrons. The molecule has 50 heavy (non-hydrogen) atoms. The Balaban J connectivity index is 1.13.